The Hall–Kier alpha value is -3.56. The molecule has 0 unspecified atom stereocenters. The number of carbonyl (C=O) groups is 2. The van der Waals surface area contributed by atoms with Crippen molar-refractivity contribution in [2.24, 2.45) is 0 Å². The van der Waals surface area contributed by atoms with E-state index in [9.17, 15) is 19.7 Å². The molecule has 8 nitrogen and oxygen atoms in total. The maximum absolute atomic E-state index is 12.9. The summed E-state index contributed by atoms with van der Waals surface area (Å²) in [6.07, 6.45) is 1.71. The van der Waals surface area contributed by atoms with Gasteiger partial charge in [0, 0.05) is 34.2 Å². The van der Waals surface area contributed by atoms with Gasteiger partial charge in [-0.05, 0) is 86.1 Å². The van der Waals surface area contributed by atoms with E-state index in [0.717, 1.165) is 40.0 Å². The Labute approximate surface area is 211 Å². The molecule has 2 amide bonds. The van der Waals surface area contributed by atoms with Gasteiger partial charge < -0.3 is 9.30 Å². The number of non-ortho nitro benzene ring substituents is 1. The first kappa shape index (κ1) is 24.6. The fourth-order valence-electron chi connectivity index (χ4n) is 3.93. The van der Waals surface area contributed by atoms with Crippen molar-refractivity contribution in [3.05, 3.63) is 91.1 Å². The molecule has 1 aromatic heterocycles. The smallest absolute Gasteiger partial charge is 0.293 e. The highest BCUT2D eigenvalue weighted by Gasteiger charge is 2.35. The number of imide groups is 1. The van der Waals surface area contributed by atoms with Crippen LogP contribution in [0.2, 0.25) is 5.02 Å². The van der Waals surface area contributed by atoms with Crippen LogP contribution in [0.25, 0.3) is 11.8 Å². The minimum atomic E-state index is -0.422. The van der Waals surface area contributed by atoms with Crippen LogP contribution in [0.3, 0.4) is 0 Å². The molecule has 0 aliphatic carbocycles. The first-order valence-corrected chi connectivity index (χ1v) is 11.9. The molecule has 1 saturated heterocycles. The van der Waals surface area contributed by atoms with Gasteiger partial charge in [0.1, 0.15) is 12.4 Å². The van der Waals surface area contributed by atoms with Gasteiger partial charge in [0.05, 0.1) is 16.4 Å². The molecule has 35 heavy (non-hydrogen) atoms. The Morgan fingerprint density at radius 1 is 1.09 bits per heavy atom. The van der Waals surface area contributed by atoms with E-state index < -0.39 is 4.92 Å². The summed E-state index contributed by atoms with van der Waals surface area (Å²) in [5.74, 6) is 0.238. The number of nitro benzene ring substituents is 1. The third kappa shape index (κ3) is 5.11. The van der Waals surface area contributed by atoms with Crippen molar-refractivity contribution in [2.75, 3.05) is 13.2 Å². The van der Waals surface area contributed by atoms with Crippen LogP contribution in [0.4, 0.5) is 10.5 Å². The van der Waals surface area contributed by atoms with Crippen LogP contribution in [-0.4, -0.2) is 38.7 Å². The first-order chi connectivity index (χ1) is 16.7. The molecule has 2 aromatic carbocycles. The van der Waals surface area contributed by atoms with Crippen molar-refractivity contribution in [1.82, 2.24) is 9.47 Å². The van der Waals surface area contributed by atoms with Crippen molar-refractivity contribution in [2.45, 2.75) is 20.8 Å². The van der Waals surface area contributed by atoms with Crippen LogP contribution in [0.1, 0.15) is 22.5 Å². The van der Waals surface area contributed by atoms with Crippen molar-refractivity contribution in [3.8, 4) is 11.4 Å². The third-order valence-electron chi connectivity index (χ3n) is 5.66. The van der Waals surface area contributed by atoms with E-state index in [-0.39, 0.29) is 30.0 Å². The maximum Gasteiger partial charge on any atom is 0.293 e. The molecule has 10 heteroatoms. The van der Waals surface area contributed by atoms with Gasteiger partial charge in [-0.1, -0.05) is 11.6 Å². The fraction of sp³-hybridized carbons (Fsp3) is 0.200. The number of carbonyl (C=O) groups excluding carboxylic acids is 2. The molecular formula is C25H22ClN3O5S. The Bertz CT molecular complexity index is 1360. The number of benzene rings is 2. The van der Waals surface area contributed by atoms with Gasteiger partial charge in [0.2, 0.25) is 0 Å². The monoisotopic (exact) mass is 511 g/mol. The zero-order valence-corrected chi connectivity index (χ0v) is 20.9. The number of nitrogens with zero attached hydrogens (tertiary/aromatic N) is 3. The lowest BCUT2D eigenvalue weighted by atomic mass is 10.1. The second-order valence-corrected chi connectivity index (χ2v) is 9.46. The average molecular weight is 512 g/mol. The number of aromatic nitrogens is 1. The summed E-state index contributed by atoms with van der Waals surface area (Å²) < 4.78 is 7.60. The summed E-state index contributed by atoms with van der Waals surface area (Å²) in [6, 6.07) is 13.5. The van der Waals surface area contributed by atoms with Crippen molar-refractivity contribution >= 4 is 46.3 Å². The van der Waals surface area contributed by atoms with Crippen LogP contribution < -0.4 is 4.74 Å². The van der Waals surface area contributed by atoms with Crippen molar-refractivity contribution in [3.63, 3.8) is 0 Å². The van der Waals surface area contributed by atoms with Gasteiger partial charge in [-0.25, -0.2) is 0 Å². The number of hydrogen-bond donors (Lipinski definition) is 0. The second-order valence-electron chi connectivity index (χ2n) is 8.03. The SMILES string of the molecule is Cc1cc([N+](=O)[O-])ccc1-n1c(C)cc(/C=C2\SC(=O)N(CCOc3ccc(Cl)cc3)C2=O)c1C. The Kier molecular flexibility index (Phi) is 7.00. The predicted molar refractivity (Wildman–Crippen MR) is 136 cm³/mol. The lowest BCUT2D eigenvalue weighted by Crippen LogP contribution is -2.32. The summed E-state index contributed by atoms with van der Waals surface area (Å²) in [4.78, 5) is 37.5. The molecule has 180 valence electrons. The van der Waals surface area contributed by atoms with E-state index >= 15 is 0 Å². The van der Waals surface area contributed by atoms with E-state index in [4.69, 9.17) is 16.3 Å². The number of ether oxygens (including phenoxy) is 1. The van der Waals surface area contributed by atoms with E-state index in [1.807, 2.05) is 31.4 Å². The molecule has 1 fully saturated rings. The van der Waals surface area contributed by atoms with E-state index in [1.165, 1.54) is 17.0 Å². The molecule has 1 aliphatic heterocycles. The Morgan fingerprint density at radius 2 is 1.80 bits per heavy atom. The molecule has 0 saturated carbocycles. The lowest BCUT2D eigenvalue weighted by Gasteiger charge is -2.13. The molecule has 3 aromatic rings. The zero-order valence-electron chi connectivity index (χ0n) is 19.3. The predicted octanol–water partition coefficient (Wildman–Crippen LogP) is 6.08. The van der Waals surface area contributed by atoms with Gasteiger partial charge >= 0.3 is 0 Å². The molecule has 0 bridgehead atoms. The van der Waals surface area contributed by atoms with E-state index in [1.54, 1.807) is 36.4 Å². The van der Waals surface area contributed by atoms with Gasteiger partial charge in [-0.2, -0.15) is 0 Å². The summed E-state index contributed by atoms with van der Waals surface area (Å²) in [7, 11) is 0. The van der Waals surface area contributed by atoms with E-state index in [0.29, 0.717) is 15.7 Å². The first-order valence-electron chi connectivity index (χ1n) is 10.7. The normalized spacial score (nSPS) is 14.7. The maximum atomic E-state index is 12.9. The van der Waals surface area contributed by atoms with Crippen LogP contribution in [0.15, 0.2) is 53.4 Å². The number of aryl methyl sites for hydroxylation is 2. The number of nitro groups is 1. The van der Waals surface area contributed by atoms with Crippen LogP contribution in [0.5, 0.6) is 5.75 Å². The topological polar surface area (TPSA) is 94.7 Å². The standard InChI is InChI=1S/C25H22ClN3O5S/c1-15-12-20(29(32)33)6-9-22(15)28-16(2)13-18(17(28)3)14-23-24(30)27(25(31)35-23)10-11-34-21-7-4-19(26)5-8-21/h4-9,12-14H,10-11H2,1-3H3/b23-14-. The van der Waals surface area contributed by atoms with Crippen LogP contribution in [-0.2, 0) is 4.79 Å². The summed E-state index contributed by atoms with van der Waals surface area (Å²) in [5.41, 5.74) is 4.16. The minimum absolute atomic E-state index is 0.0302. The molecule has 0 N–H and O–H groups in total. The highest BCUT2D eigenvalue weighted by atomic mass is 35.5. The minimum Gasteiger partial charge on any atom is -0.492 e. The summed E-state index contributed by atoms with van der Waals surface area (Å²) in [6.45, 7) is 5.94. The second kappa shape index (κ2) is 9.97. The largest absolute Gasteiger partial charge is 0.492 e. The highest BCUT2D eigenvalue weighted by molar-refractivity contribution is 8.18. The molecule has 2 heterocycles. The van der Waals surface area contributed by atoms with Crippen molar-refractivity contribution < 1.29 is 19.2 Å². The van der Waals surface area contributed by atoms with Crippen LogP contribution >= 0.6 is 23.4 Å². The number of thioether (sulfide) groups is 1. The van der Waals surface area contributed by atoms with Gasteiger partial charge in [0.15, 0.2) is 0 Å². The van der Waals surface area contributed by atoms with Gasteiger partial charge in [0.25, 0.3) is 16.8 Å². The number of rotatable bonds is 7. The van der Waals surface area contributed by atoms with Crippen molar-refractivity contribution in [1.29, 1.82) is 0 Å². The molecular weight excluding hydrogens is 490 g/mol. The van der Waals surface area contributed by atoms with E-state index in [2.05, 4.69) is 0 Å². The average Bonchev–Trinajstić information content (AvgIpc) is 3.24. The summed E-state index contributed by atoms with van der Waals surface area (Å²) in [5, 5.41) is 11.3. The van der Waals surface area contributed by atoms with Gasteiger partial charge in [-0.3, -0.25) is 24.6 Å². The fourth-order valence-corrected chi connectivity index (χ4v) is 4.91. The number of amides is 2. The molecule has 0 atom stereocenters. The zero-order chi connectivity index (χ0) is 25.3. The molecule has 0 radical (unpaired) electrons. The number of hydrogen-bond acceptors (Lipinski definition) is 6. The molecule has 0 spiro atoms. The Morgan fingerprint density at radius 3 is 2.46 bits per heavy atom. The third-order valence-corrected chi connectivity index (χ3v) is 6.82. The molecule has 1 aliphatic rings. The quantitative estimate of drug-likeness (QED) is 0.217. The molecule has 4 rings (SSSR count). The van der Waals surface area contributed by atoms with Gasteiger partial charge in [-0.15, -0.1) is 0 Å². The number of halogens is 1. The van der Waals surface area contributed by atoms with Crippen LogP contribution in [0, 0.1) is 30.9 Å². The highest BCUT2D eigenvalue weighted by Crippen LogP contribution is 2.34. The summed E-state index contributed by atoms with van der Waals surface area (Å²) >= 11 is 6.76. The Balaban J connectivity index is 1.52. The lowest BCUT2D eigenvalue weighted by molar-refractivity contribution is -0.384.